The molecule has 0 unspecified atom stereocenters. The Morgan fingerprint density at radius 3 is 2.40 bits per heavy atom. The summed E-state index contributed by atoms with van der Waals surface area (Å²) in [4.78, 5) is 0. The summed E-state index contributed by atoms with van der Waals surface area (Å²) in [6, 6.07) is 0. The van der Waals surface area contributed by atoms with Gasteiger partial charge in [-0.1, -0.05) is 19.3 Å². The van der Waals surface area contributed by atoms with Crippen molar-refractivity contribution in [3.63, 3.8) is 0 Å². The van der Waals surface area contributed by atoms with E-state index in [9.17, 15) is 5.11 Å². The van der Waals surface area contributed by atoms with Crippen LogP contribution in [-0.2, 0) is 4.74 Å². The van der Waals surface area contributed by atoms with Crippen molar-refractivity contribution in [2.75, 3.05) is 13.2 Å². The Labute approximate surface area is 93.0 Å². The van der Waals surface area contributed by atoms with Crippen molar-refractivity contribution in [1.82, 2.24) is 0 Å². The highest BCUT2D eigenvalue weighted by Crippen LogP contribution is 2.34. The molecule has 0 aromatic heterocycles. The van der Waals surface area contributed by atoms with E-state index in [4.69, 9.17) is 4.74 Å². The summed E-state index contributed by atoms with van der Waals surface area (Å²) in [6.45, 7) is 1.87. The van der Waals surface area contributed by atoms with E-state index in [-0.39, 0.29) is 5.60 Å². The second kappa shape index (κ2) is 5.31. The highest BCUT2D eigenvalue weighted by atomic mass is 16.5. The standard InChI is InChI=1S/C13H24O2/c14-13(7-2-1-3-8-13)9-4-12-5-10-15-11-6-12/h12,14H,1-11H2. The van der Waals surface area contributed by atoms with Crippen LogP contribution in [0.2, 0.25) is 0 Å². The SMILES string of the molecule is OC1(CCC2CCOCC2)CCCCC1. The van der Waals surface area contributed by atoms with E-state index in [0.717, 1.165) is 38.4 Å². The van der Waals surface area contributed by atoms with Crippen molar-refractivity contribution in [2.24, 2.45) is 5.92 Å². The number of aliphatic hydroxyl groups is 1. The smallest absolute Gasteiger partial charge is 0.0648 e. The van der Waals surface area contributed by atoms with Gasteiger partial charge in [0.05, 0.1) is 5.60 Å². The summed E-state index contributed by atoms with van der Waals surface area (Å²) in [6.07, 6.45) is 10.5. The molecule has 2 fully saturated rings. The third kappa shape index (κ3) is 3.46. The van der Waals surface area contributed by atoms with Crippen LogP contribution in [0.25, 0.3) is 0 Å². The van der Waals surface area contributed by atoms with Gasteiger partial charge in [0, 0.05) is 13.2 Å². The molecule has 15 heavy (non-hydrogen) atoms. The fourth-order valence-electron chi connectivity index (χ4n) is 2.97. The Kier molecular flexibility index (Phi) is 4.04. The topological polar surface area (TPSA) is 29.5 Å². The van der Waals surface area contributed by atoms with E-state index in [1.165, 1.54) is 38.5 Å². The third-order valence-corrected chi connectivity index (χ3v) is 4.14. The zero-order chi connectivity index (χ0) is 10.6. The predicted molar refractivity (Wildman–Crippen MR) is 60.8 cm³/mol. The molecule has 1 aliphatic carbocycles. The molecule has 1 aliphatic heterocycles. The molecule has 1 saturated carbocycles. The van der Waals surface area contributed by atoms with Crippen LogP contribution in [-0.4, -0.2) is 23.9 Å². The molecule has 2 rings (SSSR count). The summed E-state index contributed by atoms with van der Waals surface area (Å²) >= 11 is 0. The first-order valence-corrected chi connectivity index (χ1v) is 6.59. The molecule has 0 atom stereocenters. The van der Waals surface area contributed by atoms with Gasteiger partial charge in [-0.2, -0.15) is 0 Å². The lowest BCUT2D eigenvalue weighted by Gasteiger charge is -2.34. The van der Waals surface area contributed by atoms with Gasteiger partial charge >= 0.3 is 0 Å². The molecule has 0 amide bonds. The van der Waals surface area contributed by atoms with Crippen LogP contribution < -0.4 is 0 Å². The van der Waals surface area contributed by atoms with Crippen LogP contribution in [0.4, 0.5) is 0 Å². The Morgan fingerprint density at radius 2 is 1.73 bits per heavy atom. The largest absolute Gasteiger partial charge is 0.390 e. The minimum atomic E-state index is -0.309. The van der Waals surface area contributed by atoms with E-state index in [2.05, 4.69) is 0 Å². The van der Waals surface area contributed by atoms with Gasteiger partial charge in [-0.15, -0.1) is 0 Å². The molecule has 0 spiro atoms. The quantitative estimate of drug-likeness (QED) is 0.779. The molecule has 0 radical (unpaired) electrons. The van der Waals surface area contributed by atoms with Crippen LogP contribution in [0, 0.1) is 5.92 Å². The lowest BCUT2D eigenvalue weighted by atomic mass is 9.79. The normalized spacial score (nSPS) is 27.8. The molecule has 1 saturated heterocycles. The maximum Gasteiger partial charge on any atom is 0.0648 e. The monoisotopic (exact) mass is 212 g/mol. The number of hydrogen-bond acceptors (Lipinski definition) is 2. The second-order valence-corrected chi connectivity index (χ2v) is 5.38. The zero-order valence-corrected chi connectivity index (χ0v) is 9.71. The van der Waals surface area contributed by atoms with Crippen molar-refractivity contribution in [3.05, 3.63) is 0 Å². The highest BCUT2D eigenvalue weighted by Gasteiger charge is 2.29. The lowest BCUT2D eigenvalue weighted by Crippen LogP contribution is -2.32. The Balaban J connectivity index is 1.70. The second-order valence-electron chi connectivity index (χ2n) is 5.38. The van der Waals surface area contributed by atoms with Gasteiger partial charge in [0.1, 0.15) is 0 Å². The van der Waals surface area contributed by atoms with Gasteiger partial charge in [0.25, 0.3) is 0 Å². The molecule has 0 aromatic rings. The molecule has 0 bridgehead atoms. The average molecular weight is 212 g/mol. The number of rotatable bonds is 3. The molecule has 2 aliphatic rings. The molecular formula is C13H24O2. The van der Waals surface area contributed by atoms with E-state index < -0.39 is 0 Å². The van der Waals surface area contributed by atoms with Gasteiger partial charge < -0.3 is 9.84 Å². The fourth-order valence-corrected chi connectivity index (χ4v) is 2.97. The minimum Gasteiger partial charge on any atom is -0.390 e. The van der Waals surface area contributed by atoms with Crippen molar-refractivity contribution >= 4 is 0 Å². The first kappa shape index (κ1) is 11.4. The average Bonchev–Trinajstić information content (AvgIpc) is 2.29. The van der Waals surface area contributed by atoms with Crippen LogP contribution in [0.15, 0.2) is 0 Å². The third-order valence-electron chi connectivity index (χ3n) is 4.14. The molecule has 1 heterocycles. The van der Waals surface area contributed by atoms with Gasteiger partial charge in [0.2, 0.25) is 0 Å². The van der Waals surface area contributed by atoms with Gasteiger partial charge in [-0.05, 0) is 44.4 Å². The number of hydrogen-bond donors (Lipinski definition) is 1. The van der Waals surface area contributed by atoms with Crippen molar-refractivity contribution in [2.45, 2.75) is 63.4 Å². The van der Waals surface area contributed by atoms with Gasteiger partial charge in [-0.3, -0.25) is 0 Å². The van der Waals surface area contributed by atoms with E-state index in [0.29, 0.717) is 0 Å². The fraction of sp³-hybridized carbons (Fsp3) is 1.00. The summed E-state index contributed by atoms with van der Waals surface area (Å²) in [5.74, 6) is 0.810. The number of ether oxygens (including phenoxy) is 1. The minimum absolute atomic E-state index is 0.309. The van der Waals surface area contributed by atoms with E-state index in [1.807, 2.05) is 0 Å². The Hall–Kier alpha value is -0.0800. The highest BCUT2D eigenvalue weighted by molar-refractivity contribution is 4.83. The van der Waals surface area contributed by atoms with E-state index >= 15 is 0 Å². The maximum absolute atomic E-state index is 10.4. The molecular weight excluding hydrogens is 188 g/mol. The van der Waals surface area contributed by atoms with Crippen LogP contribution in [0.5, 0.6) is 0 Å². The summed E-state index contributed by atoms with van der Waals surface area (Å²) in [5.41, 5.74) is -0.309. The maximum atomic E-state index is 10.4. The summed E-state index contributed by atoms with van der Waals surface area (Å²) < 4.78 is 5.35. The Morgan fingerprint density at radius 1 is 1.07 bits per heavy atom. The van der Waals surface area contributed by atoms with E-state index in [1.54, 1.807) is 0 Å². The molecule has 1 N–H and O–H groups in total. The molecule has 88 valence electrons. The zero-order valence-electron chi connectivity index (χ0n) is 9.71. The summed E-state index contributed by atoms with van der Waals surface area (Å²) in [5, 5.41) is 10.4. The van der Waals surface area contributed by atoms with Gasteiger partial charge in [-0.25, -0.2) is 0 Å². The van der Waals surface area contributed by atoms with Gasteiger partial charge in [0.15, 0.2) is 0 Å². The lowest BCUT2D eigenvalue weighted by molar-refractivity contribution is -0.0156. The first-order valence-electron chi connectivity index (χ1n) is 6.59. The molecule has 2 nitrogen and oxygen atoms in total. The summed E-state index contributed by atoms with van der Waals surface area (Å²) in [7, 11) is 0. The van der Waals surface area contributed by atoms with Crippen molar-refractivity contribution < 1.29 is 9.84 Å². The van der Waals surface area contributed by atoms with Crippen molar-refractivity contribution in [1.29, 1.82) is 0 Å². The molecule has 0 aromatic carbocycles. The van der Waals surface area contributed by atoms with Crippen LogP contribution >= 0.6 is 0 Å². The van der Waals surface area contributed by atoms with Crippen molar-refractivity contribution in [3.8, 4) is 0 Å². The first-order chi connectivity index (χ1) is 7.29. The predicted octanol–water partition coefficient (Wildman–Crippen LogP) is 2.89. The Bertz CT molecular complexity index is 179. The van der Waals surface area contributed by atoms with Crippen LogP contribution in [0.3, 0.4) is 0 Å². The van der Waals surface area contributed by atoms with Crippen LogP contribution in [0.1, 0.15) is 57.8 Å². The molecule has 2 heteroatoms.